The highest BCUT2D eigenvalue weighted by Crippen LogP contribution is 2.39. The van der Waals surface area contributed by atoms with Crippen LogP contribution in [-0.4, -0.2) is 6.54 Å². The summed E-state index contributed by atoms with van der Waals surface area (Å²) in [6.07, 6.45) is 4.93. The molecule has 106 valence electrons. The summed E-state index contributed by atoms with van der Waals surface area (Å²) in [5.41, 5.74) is 0.920. The van der Waals surface area contributed by atoms with Crippen molar-refractivity contribution in [1.29, 1.82) is 0 Å². The Balaban J connectivity index is 2.22. The largest absolute Gasteiger partial charge is 0.310 e. The second-order valence-corrected chi connectivity index (χ2v) is 6.08. The van der Waals surface area contributed by atoms with Crippen molar-refractivity contribution < 1.29 is 4.39 Å². The van der Waals surface area contributed by atoms with Crippen molar-refractivity contribution in [3.63, 3.8) is 0 Å². The summed E-state index contributed by atoms with van der Waals surface area (Å²) in [4.78, 5) is 0. The van der Waals surface area contributed by atoms with Gasteiger partial charge in [0.25, 0.3) is 0 Å². The molecule has 0 saturated heterocycles. The number of hydrogen-bond acceptors (Lipinski definition) is 1. The minimum absolute atomic E-state index is 0.181. The van der Waals surface area contributed by atoms with Gasteiger partial charge in [0.2, 0.25) is 0 Å². The molecule has 2 rings (SSSR count). The van der Waals surface area contributed by atoms with Gasteiger partial charge in [-0.15, -0.1) is 0 Å². The Bertz CT molecular complexity index is 413. The summed E-state index contributed by atoms with van der Waals surface area (Å²) in [5, 5.41) is 3.78. The summed E-state index contributed by atoms with van der Waals surface area (Å²) >= 11 is 6.16. The zero-order chi connectivity index (χ0) is 13.8. The summed E-state index contributed by atoms with van der Waals surface area (Å²) in [5.74, 6) is 1.07. The normalized spacial score (nSPS) is 25.3. The van der Waals surface area contributed by atoms with Crippen LogP contribution in [0.2, 0.25) is 5.02 Å². The molecule has 1 aliphatic carbocycles. The van der Waals surface area contributed by atoms with Crippen molar-refractivity contribution in [1.82, 2.24) is 5.32 Å². The van der Waals surface area contributed by atoms with E-state index in [0.717, 1.165) is 18.0 Å². The molecule has 1 aromatic rings. The van der Waals surface area contributed by atoms with Gasteiger partial charge >= 0.3 is 0 Å². The van der Waals surface area contributed by atoms with Gasteiger partial charge in [-0.25, -0.2) is 4.39 Å². The highest BCUT2D eigenvalue weighted by atomic mass is 35.5. The first-order valence-electron chi connectivity index (χ1n) is 7.30. The van der Waals surface area contributed by atoms with E-state index in [9.17, 15) is 4.39 Å². The monoisotopic (exact) mass is 283 g/mol. The van der Waals surface area contributed by atoms with Crippen LogP contribution in [0.1, 0.15) is 51.1 Å². The summed E-state index contributed by atoms with van der Waals surface area (Å²) in [6, 6.07) is 5.32. The standard InChI is InChI=1S/C16H23ClFN/c1-3-19-16(12-9-7-11(2)8-10-12)13-5-4-6-14(18)15(13)17/h4-6,11-12,16,19H,3,7-10H2,1-2H3. The second-order valence-electron chi connectivity index (χ2n) is 5.70. The Morgan fingerprint density at radius 1 is 1.32 bits per heavy atom. The third-order valence-electron chi connectivity index (χ3n) is 4.27. The second kappa shape index (κ2) is 6.71. The van der Waals surface area contributed by atoms with Crippen LogP contribution in [0.15, 0.2) is 18.2 Å². The molecule has 0 radical (unpaired) electrons. The average Bonchev–Trinajstić information content (AvgIpc) is 2.41. The molecule has 0 heterocycles. The van der Waals surface area contributed by atoms with Gasteiger partial charge in [-0.05, 0) is 42.9 Å². The van der Waals surface area contributed by atoms with Crippen molar-refractivity contribution in [2.24, 2.45) is 11.8 Å². The minimum Gasteiger partial charge on any atom is -0.310 e. The fourth-order valence-corrected chi connectivity index (χ4v) is 3.37. The van der Waals surface area contributed by atoms with Crippen molar-refractivity contribution in [3.05, 3.63) is 34.6 Å². The molecule has 1 fully saturated rings. The number of hydrogen-bond donors (Lipinski definition) is 1. The van der Waals surface area contributed by atoms with Crippen molar-refractivity contribution in [3.8, 4) is 0 Å². The Kier molecular flexibility index (Phi) is 5.23. The van der Waals surface area contributed by atoms with E-state index < -0.39 is 0 Å². The Labute approximate surface area is 120 Å². The molecule has 19 heavy (non-hydrogen) atoms. The molecule has 1 unspecified atom stereocenters. The first-order chi connectivity index (χ1) is 9.13. The van der Waals surface area contributed by atoms with Crippen LogP contribution in [0.4, 0.5) is 4.39 Å². The Hall–Kier alpha value is -0.600. The van der Waals surface area contributed by atoms with Crippen LogP contribution >= 0.6 is 11.6 Å². The molecule has 0 amide bonds. The van der Waals surface area contributed by atoms with E-state index in [1.807, 2.05) is 6.07 Å². The zero-order valence-corrected chi connectivity index (χ0v) is 12.5. The van der Waals surface area contributed by atoms with Crippen LogP contribution in [0.25, 0.3) is 0 Å². The predicted octanol–water partition coefficient (Wildman–Crippen LogP) is 4.96. The van der Waals surface area contributed by atoms with E-state index in [2.05, 4.69) is 19.2 Å². The summed E-state index contributed by atoms with van der Waals surface area (Å²) in [7, 11) is 0. The maximum absolute atomic E-state index is 13.6. The molecule has 1 N–H and O–H groups in total. The molecular weight excluding hydrogens is 261 g/mol. The van der Waals surface area contributed by atoms with Crippen LogP contribution in [0.3, 0.4) is 0 Å². The highest BCUT2D eigenvalue weighted by molar-refractivity contribution is 6.31. The SMILES string of the molecule is CCNC(c1cccc(F)c1Cl)C1CCC(C)CC1. The Morgan fingerprint density at radius 3 is 2.63 bits per heavy atom. The summed E-state index contributed by atoms with van der Waals surface area (Å²) < 4.78 is 13.6. The van der Waals surface area contributed by atoms with E-state index in [-0.39, 0.29) is 16.9 Å². The van der Waals surface area contributed by atoms with Crippen LogP contribution in [0.5, 0.6) is 0 Å². The molecule has 0 bridgehead atoms. The van der Waals surface area contributed by atoms with Crippen molar-refractivity contribution >= 4 is 11.6 Å². The lowest BCUT2D eigenvalue weighted by atomic mass is 9.77. The fraction of sp³-hybridized carbons (Fsp3) is 0.625. The van der Waals surface area contributed by atoms with Gasteiger partial charge in [-0.1, -0.05) is 50.4 Å². The van der Waals surface area contributed by atoms with Gasteiger partial charge in [-0.3, -0.25) is 0 Å². The van der Waals surface area contributed by atoms with E-state index in [1.54, 1.807) is 6.07 Å². The number of halogens is 2. The number of benzene rings is 1. The molecule has 1 nitrogen and oxygen atoms in total. The first-order valence-corrected chi connectivity index (χ1v) is 7.68. The maximum atomic E-state index is 13.6. The topological polar surface area (TPSA) is 12.0 Å². The third-order valence-corrected chi connectivity index (χ3v) is 4.67. The molecule has 0 spiro atoms. The molecule has 1 aromatic carbocycles. The number of rotatable bonds is 4. The summed E-state index contributed by atoms with van der Waals surface area (Å²) in [6.45, 7) is 5.28. The van der Waals surface area contributed by atoms with Gasteiger partial charge in [0.05, 0.1) is 5.02 Å². The van der Waals surface area contributed by atoms with E-state index >= 15 is 0 Å². The number of nitrogens with one attached hydrogen (secondary N) is 1. The first kappa shape index (κ1) is 14.8. The lowest BCUT2D eigenvalue weighted by Crippen LogP contribution is -2.31. The fourth-order valence-electron chi connectivity index (χ4n) is 3.13. The highest BCUT2D eigenvalue weighted by Gasteiger charge is 2.28. The van der Waals surface area contributed by atoms with Crippen LogP contribution in [-0.2, 0) is 0 Å². The van der Waals surface area contributed by atoms with E-state index in [0.29, 0.717) is 5.92 Å². The molecule has 1 saturated carbocycles. The average molecular weight is 284 g/mol. The smallest absolute Gasteiger partial charge is 0.142 e. The van der Waals surface area contributed by atoms with Crippen molar-refractivity contribution in [2.45, 2.75) is 45.6 Å². The van der Waals surface area contributed by atoms with Crippen LogP contribution < -0.4 is 5.32 Å². The minimum atomic E-state index is -0.314. The lowest BCUT2D eigenvalue weighted by Gasteiger charge is -2.34. The van der Waals surface area contributed by atoms with Gasteiger partial charge in [0.1, 0.15) is 5.82 Å². The third kappa shape index (κ3) is 3.49. The molecule has 3 heteroatoms. The molecule has 1 atom stereocenters. The van der Waals surface area contributed by atoms with Crippen LogP contribution in [0, 0.1) is 17.7 Å². The van der Waals surface area contributed by atoms with Crippen molar-refractivity contribution in [2.75, 3.05) is 6.54 Å². The predicted molar refractivity (Wildman–Crippen MR) is 78.9 cm³/mol. The molecular formula is C16H23ClFN. The Morgan fingerprint density at radius 2 is 2.00 bits per heavy atom. The van der Waals surface area contributed by atoms with E-state index in [1.165, 1.54) is 31.7 Å². The van der Waals surface area contributed by atoms with Gasteiger partial charge < -0.3 is 5.32 Å². The maximum Gasteiger partial charge on any atom is 0.142 e. The molecule has 0 aliphatic heterocycles. The van der Waals surface area contributed by atoms with Gasteiger partial charge in [0.15, 0.2) is 0 Å². The van der Waals surface area contributed by atoms with Gasteiger partial charge in [0, 0.05) is 6.04 Å². The molecule has 1 aliphatic rings. The molecule has 0 aromatic heterocycles. The lowest BCUT2D eigenvalue weighted by molar-refractivity contribution is 0.233. The van der Waals surface area contributed by atoms with Gasteiger partial charge in [-0.2, -0.15) is 0 Å². The zero-order valence-electron chi connectivity index (χ0n) is 11.8. The van der Waals surface area contributed by atoms with E-state index in [4.69, 9.17) is 11.6 Å². The quantitative estimate of drug-likeness (QED) is 0.824.